The lowest BCUT2D eigenvalue weighted by Gasteiger charge is -2.40. The lowest BCUT2D eigenvalue weighted by molar-refractivity contribution is 0.0598. The number of allylic oxidation sites excluding steroid dienone is 1. The Kier molecular flexibility index (Phi) is 9.08. The van der Waals surface area contributed by atoms with Crippen LogP contribution in [0.4, 0.5) is 5.82 Å². The first-order chi connectivity index (χ1) is 17.1. The van der Waals surface area contributed by atoms with Crippen molar-refractivity contribution in [3.63, 3.8) is 0 Å². The summed E-state index contributed by atoms with van der Waals surface area (Å²) in [5.41, 5.74) is 1.46. The number of H-pyrrole nitrogens is 1. The molecule has 10 heteroatoms. The Morgan fingerprint density at radius 3 is 2.61 bits per heavy atom. The van der Waals surface area contributed by atoms with Crippen LogP contribution in [0.2, 0.25) is 18.1 Å². The van der Waals surface area contributed by atoms with E-state index in [-0.39, 0.29) is 12.2 Å². The van der Waals surface area contributed by atoms with Gasteiger partial charge in [0.15, 0.2) is 19.1 Å². The van der Waals surface area contributed by atoms with Crippen LogP contribution < -0.4 is 10.9 Å². The highest BCUT2D eigenvalue weighted by Crippen LogP contribution is 2.38. The second-order valence-corrected chi connectivity index (χ2v) is 15.7. The summed E-state index contributed by atoms with van der Waals surface area (Å²) in [6, 6.07) is 8.99. The summed E-state index contributed by atoms with van der Waals surface area (Å²) in [7, 11) is -1.97. The van der Waals surface area contributed by atoms with Gasteiger partial charge in [0, 0.05) is 6.21 Å². The third-order valence-electron chi connectivity index (χ3n) is 7.37. The summed E-state index contributed by atoms with van der Waals surface area (Å²) in [6.07, 6.45) is 7.20. The molecule has 0 aromatic carbocycles. The lowest BCUT2D eigenvalue weighted by atomic mass is 9.95. The van der Waals surface area contributed by atoms with Crippen LogP contribution in [0.1, 0.15) is 65.6 Å². The topological polar surface area (TPSA) is 105 Å². The molecule has 1 aliphatic rings. The van der Waals surface area contributed by atoms with E-state index in [0.29, 0.717) is 17.2 Å². The fraction of sp³-hybridized carbons (Fsp3) is 0.577. The van der Waals surface area contributed by atoms with E-state index in [4.69, 9.17) is 9.41 Å². The van der Waals surface area contributed by atoms with Crippen LogP contribution in [0.25, 0.3) is 5.82 Å². The Hall–Kier alpha value is -2.14. The second-order valence-electron chi connectivity index (χ2n) is 9.81. The Morgan fingerprint density at radius 2 is 2.00 bits per heavy atom. The average Bonchev–Trinajstić information content (AvgIpc) is 3.22. The highest BCUT2D eigenvalue weighted by Gasteiger charge is 2.40. The van der Waals surface area contributed by atoms with E-state index in [2.05, 4.69) is 49.2 Å². The quantitative estimate of drug-likeness (QED) is 0.250. The van der Waals surface area contributed by atoms with Gasteiger partial charge in [-0.15, -0.1) is 11.8 Å². The number of hydrogen-bond donors (Lipinski definition) is 3. The number of nitrogens with one attached hydrogen (secondary N) is 2. The molecular weight excluding hydrogens is 490 g/mol. The monoisotopic (exact) mass is 531 g/mol. The maximum atomic E-state index is 12.7. The van der Waals surface area contributed by atoms with Gasteiger partial charge in [-0.05, 0) is 70.1 Å². The summed E-state index contributed by atoms with van der Waals surface area (Å²) >= 11 is 1.56. The Bertz CT molecular complexity index is 1160. The molecule has 2 aromatic heterocycles. The van der Waals surface area contributed by atoms with E-state index >= 15 is 0 Å². The number of pyridine rings is 1. The Morgan fingerprint density at radius 1 is 1.31 bits per heavy atom. The molecule has 0 radical (unpaired) electrons. The van der Waals surface area contributed by atoms with Gasteiger partial charge in [-0.1, -0.05) is 38.5 Å². The highest BCUT2D eigenvalue weighted by molar-refractivity contribution is 8.00. The van der Waals surface area contributed by atoms with Crippen molar-refractivity contribution in [1.82, 2.24) is 14.8 Å². The van der Waals surface area contributed by atoms with Crippen LogP contribution in [-0.2, 0) is 10.0 Å². The number of thioether (sulfide) groups is 1. The summed E-state index contributed by atoms with van der Waals surface area (Å²) in [4.78, 5) is 21.7. The van der Waals surface area contributed by atoms with Crippen LogP contribution in [0, 0.1) is 0 Å². The molecule has 0 aliphatic carbocycles. The molecule has 0 bridgehead atoms. The predicted octanol–water partition coefficient (Wildman–Crippen LogP) is 5.40. The molecule has 2 atom stereocenters. The molecule has 0 saturated carbocycles. The van der Waals surface area contributed by atoms with Gasteiger partial charge in [-0.25, -0.2) is 9.67 Å². The molecule has 1 aliphatic heterocycles. The van der Waals surface area contributed by atoms with Crippen LogP contribution in [-0.4, -0.2) is 52.3 Å². The van der Waals surface area contributed by atoms with Crippen LogP contribution in [0.5, 0.6) is 0 Å². The van der Waals surface area contributed by atoms with E-state index in [1.54, 1.807) is 22.7 Å². The van der Waals surface area contributed by atoms with Crippen molar-refractivity contribution in [2.24, 2.45) is 4.99 Å². The van der Waals surface area contributed by atoms with E-state index < -0.39 is 18.9 Å². The minimum atomic E-state index is -1.97. The molecule has 3 N–H and O–H groups in total. The molecule has 0 saturated heterocycles. The Balaban J connectivity index is 2.07. The first kappa shape index (κ1) is 28.4. The highest BCUT2D eigenvalue weighted by atomic mass is 32.2. The molecule has 36 heavy (non-hydrogen) atoms. The molecule has 3 heterocycles. The zero-order chi connectivity index (χ0) is 26.6. The molecule has 0 fully saturated rings. The fourth-order valence-electron chi connectivity index (χ4n) is 4.58. The predicted molar refractivity (Wildman–Crippen MR) is 153 cm³/mol. The number of rotatable bonds is 12. The van der Waals surface area contributed by atoms with Gasteiger partial charge in [0.1, 0.15) is 11.4 Å². The first-order valence-electron chi connectivity index (χ1n) is 12.8. The number of anilines is 1. The van der Waals surface area contributed by atoms with Crippen LogP contribution in [0.3, 0.4) is 0 Å². The number of aliphatic hydroxyl groups is 1. The summed E-state index contributed by atoms with van der Waals surface area (Å²) in [6.45, 7) is 12.8. The molecule has 198 valence electrons. The number of aliphatic hydroxyl groups excluding tert-OH is 1. The van der Waals surface area contributed by atoms with Gasteiger partial charge >= 0.3 is 0 Å². The zero-order valence-corrected chi connectivity index (χ0v) is 24.5. The van der Waals surface area contributed by atoms with Crippen LogP contribution >= 0.6 is 11.8 Å². The van der Waals surface area contributed by atoms with Gasteiger partial charge in [0.2, 0.25) is 0 Å². The maximum absolute atomic E-state index is 12.7. The fourth-order valence-corrected chi connectivity index (χ4v) is 8.03. The van der Waals surface area contributed by atoms with E-state index in [1.807, 2.05) is 38.3 Å². The summed E-state index contributed by atoms with van der Waals surface area (Å²) in [5, 5.41) is 15.8. The van der Waals surface area contributed by atoms with Crippen molar-refractivity contribution in [2.75, 3.05) is 18.2 Å². The zero-order valence-electron chi connectivity index (χ0n) is 22.6. The molecule has 0 spiro atoms. The molecule has 3 rings (SSSR count). The van der Waals surface area contributed by atoms with Crippen molar-refractivity contribution in [3.8, 4) is 5.82 Å². The standard InChI is InChI=1S/C26H41N5O3SSi/c1-8-36(9-2,10-3)34-25(5,16-12-13-19(4)18-32)21-14-11-15-22(28-21)31-23-20(24(33)30-31)17-27-26(6,29-23)35-7/h11,13-15,17,29,32H,8-10,12,16,18H2,1-7H3,(H,30,33)/b19-13-. The number of aromatic amines is 1. The van der Waals surface area contributed by atoms with E-state index in [9.17, 15) is 9.90 Å². The number of aliphatic imine (C=N–C) groups is 1. The molecule has 2 unspecified atom stereocenters. The van der Waals surface area contributed by atoms with E-state index in [0.717, 1.165) is 42.2 Å². The number of aromatic nitrogens is 3. The Labute approximate surface area is 219 Å². The minimum Gasteiger partial charge on any atom is -0.406 e. The van der Waals surface area contributed by atoms with Crippen molar-refractivity contribution in [1.29, 1.82) is 0 Å². The van der Waals surface area contributed by atoms with Crippen molar-refractivity contribution >= 4 is 32.1 Å². The van der Waals surface area contributed by atoms with Crippen molar-refractivity contribution in [2.45, 2.75) is 83.1 Å². The van der Waals surface area contributed by atoms with E-state index in [1.165, 1.54) is 0 Å². The number of nitrogens with zero attached hydrogens (tertiary/aromatic N) is 3. The summed E-state index contributed by atoms with van der Waals surface area (Å²) < 4.78 is 8.81. The molecule has 8 nitrogen and oxygen atoms in total. The van der Waals surface area contributed by atoms with Gasteiger partial charge in [-0.2, -0.15) is 0 Å². The SMILES string of the molecule is CC[Si](CC)(CC)OC(C)(CC/C=C(/C)CO)c1cccc(-n2[nH]c(=O)c3c2NC(C)(SC)N=C3)n1. The number of fused-ring (bicyclic) bond motifs is 1. The third kappa shape index (κ3) is 5.87. The largest absolute Gasteiger partial charge is 0.406 e. The van der Waals surface area contributed by atoms with Crippen molar-refractivity contribution < 1.29 is 9.53 Å². The van der Waals surface area contributed by atoms with Crippen LogP contribution in [0.15, 0.2) is 39.6 Å². The van der Waals surface area contributed by atoms with Gasteiger partial charge in [0.05, 0.1) is 17.9 Å². The number of hydrogen-bond acceptors (Lipinski definition) is 7. The minimum absolute atomic E-state index is 0.0558. The maximum Gasteiger partial charge on any atom is 0.275 e. The van der Waals surface area contributed by atoms with Gasteiger partial charge in [0.25, 0.3) is 5.56 Å². The van der Waals surface area contributed by atoms with Crippen molar-refractivity contribution in [3.05, 3.63) is 51.5 Å². The second kappa shape index (κ2) is 11.5. The lowest BCUT2D eigenvalue weighted by Crippen LogP contribution is -2.44. The van der Waals surface area contributed by atoms with Gasteiger partial charge in [-0.3, -0.25) is 14.9 Å². The molecule has 0 amide bonds. The smallest absolute Gasteiger partial charge is 0.275 e. The molecule has 2 aromatic rings. The summed E-state index contributed by atoms with van der Waals surface area (Å²) in [5.74, 6) is 1.27. The normalized spacial score (nSPS) is 19.6. The average molecular weight is 532 g/mol. The van der Waals surface area contributed by atoms with Gasteiger partial charge < -0.3 is 14.8 Å². The first-order valence-corrected chi connectivity index (χ1v) is 16.5. The molecular formula is C26H41N5O3SSi. The third-order valence-corrected chi connectivity index (χ3v) is 13.1.